The SMILES string of the molecule is Nc1n[nH]c(N)c1N=Nc1cccc(/C=C/c2cccc(N=Nc3c(N)n[nH]c3N)c2)c1. The van der Waals surface area contributed by atoms with Crippen molar-refractivity contribution in [3.05, 3.63) is 59.7 Å². The Bertz CT molecular complexity index is 1190. The first kappa shape index (κ1) is 20.3. The molecule has 0 atom stereocenters. The average molecular weight is 428 g/mol. The Hall–Kier alpha value is -5.00. The molecule has 4 rings (SSSR count). The zero-order chi connectivity index (χ0) is 22.5. The molecule has 0 radical (unpaired) electrons. The smallest absolute Gasteiger partial charge is 0.175 e. The van der Waals surface area contributed by atoms with Gasteiger partial charge in [0.25, 0.3) is 0 Å². The molecule has 12 heteroatoms. The van der Waals surface area contributed by atoms with Crippen LogP contribution in [0, 0.1) is 0 Å². The van der Waals surface area contributed by atoms with E-state index in [-0.39, 0.29) is 23.3 Å². The maximum atomic E-state index is 5.73. The quantitative estimate of drug-likeness (QED) is 0.192. The second-order valence-electron chi connectivity index (χ2n) is 6.67. The molecule has 10 N–H and O–H groups in total. The minimum absolute atomic E-state index is 0.192. The molecular weight excluding hydrogens is 408 g/mol. The van der Waals surface area contributed by atoms with Gasteiger partial charge in [-0.2, -0.15) is 20.4 Å². The number of anilines is 4. The molecule has 0 aliphatic heterocycles. The van der Waals surface area contributed by atoms with Gasteiger partial charge in [-0.1, -0.05) is 36.4 Å². The van der Waals surface area contributed by atoms with Crippen molar-refractivity contribution in [2.24, 2.45) is 20.5 Å². The Morgan fingerprint density at radius 3 is 1.44 bits per heavy atom. The highest BCUT2D eigenvalue weighted by Gasteiger charge is 2.07. The average Bonchev–Trinajstić information content (AvgIpc) is 3.29. The molecule has 0 spiro atoms. The van der Waals surface area contributed by atoms with Crippen LogP contribution in [0.1, 0.15) is 11.1 Å². The standard InChI is InChI=1S/C20H20N12/c21-17-15(18(22)30-29-17)27-25-13-5-1-3-11(9-13)7-8-12-4-2-6-14(10-12)26-28-16-19(23)31-32-20(16)24/h1-10H,(H5,21,22,29,30)(H5,23,24,31,32)/b8-7+,27-25?,28-26?. The fraction of sp³-hybridized carbons (Fsp3) is 0. The summed E-state index contributed by atoms with van der Waals surface area (Å²) in [6.07, 6.45) is 3.89. The Morgan fingerprint density at radius 1 is 0.625 bits per heavy atom. The Morgan fingerprint density at radius 2 is 1.06 bits per heavy atom. The monoisotopic (exact) mass is 428 g/mol. The lowest BCUT2D eigenvalue weighted by molar-refractivity contribution is 1.11. The van der Waals surface area contributed by atoms with E-state index in [0.717, 1.165) is 11.1 Å². The first-order valence-corrected chi connectivity index (χ1v) is 9.40. The van der Waals surface area contributed by atoms with Gasteiger partial charge in [0.2, 0.25) is 0 Å². The predicted molar refractivity (Wildman–Crippen MR) is 125 cm³/mol. The number of nitrogens with one attached hydrogen (secondary N) is 2. The number of hydrogen-bond donors (Lipinski definition) is 6. The predicted octanol–water partition coefficient (Wildman–Crippen LogP) is 4.46. The van der Waals surface area contributed by atoms with E-state index in [2.05, 4.69) is 40.9 Å². The van der Waals surface area contributed by atoms with Crippen LogP contribution in [0.2, 0.25) is 0 Å². The summed E-state index contributed by atoms with van der Waals surface area (Å²) in [5.41, 5.74) is 26.6. The molecule has 2 aromatic heterocycles. The molecule has 0 aliphatic rings. The summed E-state index contributed by atoms with van der Waals surface area (Å²) < 4.78 is 0. The summed E-state index contributed by atoms with van der Waals surface area (Å²) >= 11 is 0. The maximum Gasteiger partial charge on any atom is 0.175 e. The van der Waals surface area contributed by atoms with Gasteiger partial charge >= 0.3 is 0 Å². The van der Waals surface area contributed by atoms with Gasteiger partial charge < -0.3 is 22.9 Å². The van der Waals surface area contributed by atoms with Gasteiger partial charge in [0, 0.05) is 0 Å². The minimum Gasteiger partial charge on any atom is -0.382 e. The van der Waals surface area contributed by atoms with Crippen LogP contribution < -0.4 is 22.9 Å². The number of rotatable bonds is 6. The summed E-state index contributed by atoms with van der Waals surface area (Å²) in [7, 11) is 0. The number of hydrogen-bond acceptors (Lipinski definition) is 10. The van der Waals surface area contributed by atoms with Crippen molar-refractivity contribution < 1.29 is 0 Å². The van der Waals surface area contributed by atoms with Crippen LogP contribution in [0.25, 0.3) is 12.2 Å². The number of nitrogens with zero attached hydrogens (tertiary/aromatic N) is 6. The molecule has 32 heavy (non-hydrogen) atoms. The highest BCUT2D eigenvalue weighted by Crippen LogP contribution is 2.29. The summed E-state index contributed by atoms with van der Waals surface area (Å²) in [4.78, 5) is 0. The van der Waals surface area contributed by atoms with Crippen molar-refractivity contribution in [2.45, 2.75) is 0 Å². The molecular formula is C20H20N12. The zero-order valence-electron chi connectivity index (χ0n) is 16.8. The van der Waals surface area contributed by atoms with Crippen molar-refractivity contribution in [2.75, 3.05) is 22.9 Å². The molecule has 0 bridgehead atoms. The van der Waals surface area contributed by atoms with Gasteiger partial charge in [0.15, 0.2) is 23.0 Å². The molecule has 0 fully saturated rings. The highest BCUT2D eigenvalue weighted by molar-refractivity contribution is 5.73. The molecule has 4 aromatic rings. The summed E-state index contributed by atoms with van der Waals surface area (Å²) in [5.74, 6) is 0.907. The minimum atomic E-state index is 0.192. The van der Waals surface area contributed by atoms with E-state index in [1.807, 2.05) is 60.7 Å². The molecule has 0 saturated carbocycles. The number of azo groups is 2. The second-order valence-corrected chi connectivity index (χ2v) is 6.67. The van der Waals surface area contributed by atoms with E-state index in [9.17, 15) is 0 Å². The van der Waals surface area contributed by atoms with Crippen LogP contribution in [0.3, 0.4) is 0 Å². The van der Waals surface area contributed by atoms with E-state index in [4.69, 9.17) is 22.9 Å². The second kappa shape index (κ2) is 8.79. The first-order chi connectivity index (χ1) is 15.5. The Kier molecular flexibility index (Phi) is 5.57. The summed E-state index contributed by atoms with van der Waals surface area (Å²) in [5, 5.41) is 29.2. The molecule has 0 aliphatic carbocycles. The van der Waals surface area contributed by atoms with Crippen LogP contribution >= 0.6 is 0 Å². The van der Waals surface area contributed by atoms with E-state index in [0.29, 0.717) is 22.7 Å². The van der Waals surface area contributed by atoms with Crippen LogP contribution in [0.15, 0.2) is 69.0 Å². The van der Waals surface area contributed by atoms with Crippen molar-refractivity contribution in [3.63, 3.8) is 0 Å². The molecule has 0 unspecified atom stereocenters. The Balaban J connectivity index is 1.49. The lowest BCUT2D eigenvalue weighted by Crippen LogP contribution is -1.84. The van der Waals surface area contributed by atoms with E-state index < -0.39 is 0 Å². The topological polar surface area (TPSA) is 211 Å². The van der Waals surface area contributed by atoms with Crippen LogP contribution in [-0.4, -0.2) is 20.4 Å². The molecule has 2 aromatic carbocycles. The van der Waals surface area contributed by atoms with Crippen molar-refractivity contribution in [1.29, 1.82) is 0 Å². The molecule has 0 saturated heterocycles. The number of nitrogen functional groups attached to an aromatic ring is 4. The lowest BCUT2D eigenvalue weighted by atomic mass is 10.1. The first-order valence-electron chi connectivity index (χ1n) is 9.40. The van der Waals surface area contributed by atoms with Crippen molar-refractivity contribution in [1.82, 2.24) is 20.4 Å². The Labute approximate surface area is 182 Å². The van der Waals surface area contributed by atoms with Crippen LogP contribution in [0.4, 0.5) is 46.0 Å². The summed E-state index contributed by atoms with van der Waals surface area (Å²) in [6.45, 7) is 0. The third-order valence-electron chi connectivity index (χ3n) is 4.33. The third-order valence-corrected chi connectivity index (χ3v) is 4.33. The number of aromatic amines is 2. The zero-order valence-corrected chi connectivity index (χ0v) is 16.8. The van der Waals surface area contributed by atoms with Crippen LogP contribution in [-0.2, 0) is 0 Å². The van der Waals surface area contributed by atoms with Gasteiger partial charge in [-0.25, -0.2) is 0 Å². The molecule has 0 amide bonds. The molecule has 12 nitrogen and oxygen atoms in total. The normalized spacial score (nSPS) is 11.9. The fourth-order valence-electron chi connectivity index (χ4n) is 2.73. The third kappa shape index (κ3) is 4.59. The van der Waals surface area contributed by atoms with Crippen LogP contribution in [0.5, 0.6) is 0 Å². The van der Waals surface area contributed by atoms with Crippen molar-refractivity contribution in [3.8, 4) is 0 Å². The number of benzene rings is 2. The van der Waals surface area contributed by atoms with Gasteiger partial charge in [-0.15, -0.1) is 10.2 Å². The van der Waals surface area contributed by atoms with E-state index in [1.54, 1.807) is 0 Å². The van der Waals surface area contributed by atoms with E-state index in [1.165, 1.54) is 0 Å². The largest absolute Gasteiger partial charge is 0.382 e. The maximum absolute atomic E-state index is 5.73. The van der Waals surface area contributed by atoms with Gasteiger partial charge in [-0.05, 0) is 35.4 Å². The molecule has 160 valence electrons. The number of nitrogens with two attached hydrogens (primary N) is 4. The summed E-state index contributed by atoms with van der Waals surface area (Å²) in [6, 6.07) is 15.0. The van der Waals surface area contributed by atoms with Gasteiger partial charge in [0.1, 0.15) is 11.6 Å². The number of H-pyrrole nitrogens is 2. The lowest BCUT2D eigenvalue weighted by Gasteiger charge is -1.98. The van der Waals surface area contributed by atoms with Gasteiger partial charge in [0.05, 0.1) is 11.4 Å². The van der Waals surface area contributed by atoms with Crippen molar-refractivity contribution >= 4 is 58.2 Å². The number of aromatic nitrogens is 4. The molecule has 2 heterocycles. The fourth-order valence-corrected chi connectivity index (χ4v) is 2.73. The van der Waals surface area contributed by atoms with E-state index >= 15 is 0 Å². The highest BCUT2D eigenvalue weighted by atomic mass is 15.3. The van der Waals surface area contributed by atoms with Gasteiger partial charge in [-0.3, -0.25) is 10.2 Å².